The SMILES string of the molecule is C/C=N\NC(/C=C(\CC)c1ccc(Cl)cc1)c1ccc(F)cc1. The molecule has 0 saturated carbocycles. The molecule has 0 aliphatic heterocycles. The van der Waals surface area contributed by atoms with Gasteiger partial charge >= 0.3 is 0 Å². The lowest BCUT2D eigenvalue weighted by molar-refractivity contribution is 0.621. The van der Waals surface area contributed by atoms with Crippen LogP contribution in [0.15, 0.2) is 59.7 Å². The lowest BCUT2D eigenvalue weighted by atomic mass is 9.98. The van der Waals surface area contributed by atoms with Crippen LogP contribution in [0.3, 0.4) is 0 Å². The highest BCUT2D eigenvalue weighted by molar-refractivity contribution is 6.30. The highest BCUT2D eigenvalue weighted by atomic mass is 35.5. The summed E-state index contributed by atoms with van der Waals surface area (Å²) in [5, 5.41) is 4.85. The molecular formula is C19H20ClFN2. The summed E-state index contributed by atoms with van der Waals surface area (Å²) in [5.41, 5.74) is 6.34. The molecule has 23 heavy (non-hydrogen) atoms. The van der Waals surface area contributed by atoms with Crippen LogP contribution >= 0.6 is 11.6 Å². The van der Waals surface area contributed by atoms with Crippen molar-refractivity contribution >= 4 is 23.4 Å². The quantitative estimate of drug-likeness (QED) is 0.540. The summed E-state index contributed by atoms with van der Waals surface area (Å²) in [6, 6.07) is 14.1. The van der Waals surface area contributed by atoms with Crippen molar-refractivity contribution in [1.82, 2.24) is 5.43 Å². The Morgan fingerprint density at radius 2 is 1.83 bits per heavy atom. The molecule has 0 aliphatic rings. The van der Waals surface area contributed by atoms with Gasteiger partial charge in [-0.2, -0.15) is 5.10 Å². The first-order valence-electron chi connectivity index (χ1n) is 7.59. The van der Waals surface area contributed by atoms with Crippen LogP contribution in [0, 0.1) is 5.82 Å². The van der Waals surface area contributed by atoms with E-state index in [-0.39, 0.29) is 11.9 Å². The van der Waals surface area contributed by atoms with Crippen molar-refractivity contribution in [3.8, 4) is 0 Å². The number of hydrogen-bond acceptors (Lipinski definition) is 2. The topological polar surface area (TPSA) is 24.4 Å². The number of hydrazone groups is 1. The molecule has 1 atom stereocenters. The van der Waals surface area contributed by atoms with Gasteiger partial charge in [-0.1, -0.05) is 48.9 Å². The molecule has 2 rings (SSSR count). The van der Waals surface area contributed by atoms with Gasteiger partial charge in [-0.3, -0.25) is 5.43 Å². The van der Waals surface area contributed by atoms with E-state index in [1.54, 1.807) is 18.3 Å². The number of nitrogens with zero attached hydrogens (tertiary/aromatic N) is 1. The van der Waals surface area contributed by atoms with Gasteiger partial charge in [-0.15, -0.1) is 0 Å². The van der Waals surface area contributed by atoms with Crippen molar-refractivity contribution in [2.45, 2.75) is 26.3 Å². The molecule has 1 unspecified atom stereocenters. The van der Waals surface area contributed by atoms with E-state index in [9.17, 15) is 4.39 Å². The number of hydrogen-bond donors (Lipinski definition) is 1. The summed E-state index contributed by atoms with van der Waals surface area (Å²) in [4.78, 5) is 0. The molecule has 0 aromatic heterocycles. The Labute approximate surface area is 141 Å². The van der Waals surface area contributed by atoms with Crippen LogP contribution in [0.4, 0.5) is 4.39 Å². The second-order valence-electron chi connectivity index (χ2n) is 5.10. The van der Waals surface area contributed by atoms with Crippen LogP contribution in [0.1, 0.15) is 37.4 Å². The minimum Gasteiger partial charge on any atom is -0.299 e. The Kier molecular flexibility index (Phi) is 6.36. The van der Waals surface area contributed by atoms with Crippen LogP contribution in [0.25, 0.3) is 5.57 Å². The second kappa shape index (κ2) is 8.49. The Bertz CT molecular complexity index is 676. The third-order valence-corrected chi connectivity index (χ3v) is 3.79. The fourth-order valence-electron chi connectivity index (χ4n) is 2.32. The Morgan fingerprint density at radius 1 is 1.17 bits per heavy atom. The first kappa shape index (κ1) is 17.2. The molecule has 0 amide bonds. The number of benzene rings is 2. The molecule has 0 fully saturated rings. The average molecular weight is 331 g/mol. The molecule has 2 nitrogen and oxygen atoms in total. The summed E-state index contributed by atoms with van der Waals surface area (Å²) >= 11 is 5.96. The van der Waals surface area contributed by atoms with Crippen molar-refractivity contribution in [2.24, 2.45) is 5.10 Å². The predicted molar refractivity (Wildman–Crippen MR) is 96.2 cm³/mol. The van der Waals surface area contributed by atoms with Crippen molar-refractivity contribution in [2.75, 3.05) is 0 Å². The van der Waals surface area contributed by atoms with Gasteiger partial charge in [-0.25, -0.2) is 4.39 Å². The zero-order valence-electron chi connectivity index (χ0n) is 13.3. The zero-order valence-corrected chi connectivity index (χ0v) is 14.0. The van der Waals surface area contributed by atoms with E-state index in [4.69, 9.17) is 11.6 Å². The number of nitrogens with one attached hydrogen (secondary N) is 1. The number of allylic oxidation sites excluding steroid dienone is 1. The van der Waals surface area contributed by atoms with Gasteiger partial charge in [0.1, 0.15) is 5.82 Å². The Hall–Kier alpha value is -2.13. The maximum atomic E-state index is 13.2. The van der Waals surface area contributed by atoms with Crippen molar-refractivity contribution in [3.63, 3.8) is 0 Å². The van der Waals surface area contributed by atoms with Gasteiger partial charge in [0.15, 0.2) is 0 Å². The second-order valence-corrected chi connectivity index (χ2v) is 5.53. The van der Waals surface area contributed by atoms with Crippen LogP contribution in [-0.2, 0) is 0 Å². The van der Waals surface area contributed by atoms with E-state index in [1.165, 1.54) is 17.7 Å². The van der Waals surface area contributed by atoms with Crippen molar-refractivity contribution in [1.29, 1.82) is 0 Å². The molecule has 1 N–H and O–H groups in total. The molecule has 0 aliphatic carbocycles. The molecule has 0 saturated heterocycles. The largest absolute Gasteiger partial charge is 0.299 e. The Morgan fingerprint density at radius 3 is 2.39 bits per heavy atom. The number of halogens is 2. The van der Waals surface area contributed by atoms with E-state index in [0.29, 0.717) is 5.02 Å². The van der Waals surface area contributed by atoms with Crippen molar-refractivity contribution < 1.29 is 4.39 Å². The zero-order chi connectivity index (χ0) is 16.7. The van der Waals surface area contributed by atoms with Crippen LogP contribution < -0.4 is 5.43 Å². The molecule has 0 heterocycles. The molecule has 4 heteroatoms. The van der Waals surface area contributed by atoms with E-state index in [0.717, 1.165) is 17.5 Å². The Balaban J connectivity index is 2.36. The van der Waals surface area contributed by atoms with Gasteiger partial charge in [0, 0.05) is 11.2 Å². The summed E-state index contributed by atoms with van der Waals surface area (Å²) < 4.78 is 13.2. The third kappa shape index (κ3) is 4.93. The monoisotopic (exact) mass is 330 g/mol. The highest BCUT2D eigenvalue weighted by Gasteiger charge is 2.10. The highest BCUT2D eigenvalue weighted by Crippen LogP contribution is 2.25. The fourth-order valence-corrected chi connectivity index (χ4v) is 2.44. The normalized spacial score (nSPS) is 13.3. The van der Waals surface area contributed by atoms with E-state index in [1.807, 2.05) is 31.2 Å². The first-order valence-corrected chi connectivity index (χ1v) is 7.97. The molecule has 0 radical (unpaired) electrons. The predicted octanol–water partition coefficient (Wildman–Crippen LogP) is 5.61. The smallest absolute Gasteiger partial charge is 0.123 e. The maximum absolute atomic E-state index is 13.2. The van der Waals surface area contributed by atoms with Gasteiger partial charge in [0.25, 0.3) is 0 Å². The van der Waals surface area contributed by atoms with Crippen LogP contribution in [0.5, 0.6) is 0 Å². The molecule has 0 bridgehead atoms. The fraction of sp³-hybridized carbons (Fsp3) is 0.211. The molecule has 120 valence electrons. The number of rotatable bonds is 6. The lowest BCUT2D eigenvalue weighted by Crippen LogP contribution is -2.14. The third-order valence-electron chi connectivity index (χ3n) is 3.54. The molecular weight excluding hydrogens is 311 g/mol. The summed E-state index contributed by atoms with van der Waals surface area (Å²) in [6.45, 7) is 3.95. The van der Waals surface area contributed by atoms with Crippen LogP contribution in [0.2, 0.25) is 5.02 Å². The van der Waals surface area contributed by atoms with E-state index >= 15 is 0 Å². The molecule has 2 aromatic carbocycles. The van der Waals surface area contributed by atoms with Crippen molar-refractivity contribution in [3.05, 3.63) is 76.6 Å². The van der Waals surface area contributed by atoms with Crippen LogP contribution in [-0.4, -0.2) is 6.21 Å². The van der Waals surface area contributed by atoms with Gasteiger partial charge in [0.05, 0.1) is 6.04 Å². The van der Waals surface area contributed by atoms with Gasteiger partial charge in [-0.05, 0) is 54.3 Å². The summed E-state index contributed by atoms with van der Waals surface area (Å²) in [6.07, 6.45) is 4.68. The minimum atomic E-state index is -0.246. The van der Waals surface area contributed by atoms with Gasteiger partial charge in [0.2, 0.25) is 0 Å². The molecule has 2 aromatic rings. The first-order chi connectivity index (χ1) is 11.1. The summed E-state index contributed by atoms with van der Waals surface area (Å²) in [7, 11) is 0. The van der Waals surface area contributed by atoms with Gasteiger partial charge < -0.3 is 0 Å². The van der Waals surface area contributed by atoms with E-state index < -0.39 is 0 Å². The molecule has 0 spiro atoms. The average Bonchev–Trinajstić information content (AvgIpc) is 2.57. The maximum Gasteiger partial charge on any atom is 0.123 e. The standard InChI is InChI=1S/C19H20ClFN2/c1-3-14(15-5-9-17(20)10-6-15)13-19(23-22-4-2)16-7-11-18(21)12-8-16/h4-13,19,23H,3H2,1-2H3/b14-13+,22-4-. The van der Waals surface area contributed by atoms with E-state index in [2.05, 4.69) is 23.5 Å². The lowest BCUT2D eigenvalue weighted by Gasteiger charge is -2.16. The minimum absolute atomic E-state index is 0.127. The summed E-state index contributed by atoms with van der Waals surface area (Å²) in [5.74, 6) is -0.246.